The Morgan fingerprint density at radius 2 is 2.00 bits per heavy atom. The second-order valence-corrected chi connectivity index (χ2v) is 4.38. The Hall–Kier alpha value is -2.40. The van der Waals surface area contributed by atoms with E-state index in [-0.39, 0.29) is 12.1 Å². The van der Waals surface area contributed by atoms with Crippen LogP contribution in [-0.2, 0) is 6.42 Å². The second-order valence-electron chi connectivity index (χ2n) is 4.38. The number of benzene rings is 2. The Morgan fingerprint density at radius 1 is 1.25 bits per heavy atom. The first-order chi connectivity index (χ1) is 9.61. The molecule has 0 aliphatic carbocycles. The van der Waals surface area contributed by atoms with Gasteiger partial charge in [0, 0.05) is 18.1 Å². The molecule has 2 aromatic rings. The minimum absolute atomic E-state index is 0.0226. The molecule has 20 heavy (non-hydrogen) atoms. The van der Waals surface area contributed by atoms with Crippen molar-refractivity contribution in [2.45, 2.75) is 12.5 Å². The molecule has 0 bridgehead atoms. The minimum Gasteiger partial charge on any atom is -0.497 e. The lowest BCUT2D eigenvalue weighted by atomic mass is 10.00. The van der Waals surface area contributed by atoms with Gasteiger partial charge < -0.3 is 9.84 Å². The lowest BCUT2D eigenvalue weighted by Crippen LogP contribution is -2.04. The molecule has 0 aliphatic heterocycles. The molecule has 1 unspecified atom stereocenters. The fraction of sp³-hybridized carbons (Fsp3) is 0.200. The van der Waals surface area contributed by atoms with Gasteiger partial charge in [-0.25, -0.2) is 0 Å². The zero-order valence-electron chi connectivity index (χ0n) is 11.0. The molecular formula is C15H15NO4. The van der Waals surface area contributed by atoms with Crippen molar-refractivity contribution < 1.29 is 14.8 Å². The van der Waals surface area contributed by atoms with E-state index >= 15 is 0 Å². The van der Waals surface area contributed by atoms with E-state index in [0.29, 0.717) is 16.9 Å². The molecule has 0 saturated carbocycles. The lowest BCUT2D eigenvalue weighted by Gasteiger charge is -2.12. The van der Waals surface area contributed by atoms with Gasteiger partial charge in [-0.1, -0.05) is 30.3 Å². The van der Waals surface area contributed by atoms with Crippen LogP contribution >= 0.6 is 0 Å². The Kier molecular flexibility index (Phi) is 4.32. The Morgan fingerprint density at radius 3 is 2.70 bits per heavy atom. The van der Waals surface area contributed by atoms with Crippen LogP contribution in [0.4, 0.5) is 5.69 Å². The summed E-state index contributed by atoms with van der Waals surface area (Å²) in [4.78, 5) is 10.5. The van der Waals surface area contributed by atoms with Crippen LogP contribution in [0.1, 0.15) is 17.2 Å². The fourth-order valence-electron chi connectivity index (χ4n) is 2.04. The van der Waals surface area contributed by atoms with Crippen molar-refractivity contribution in [1.29, 1.82) is 0 Å². The van der Waals surface area contributed by atoms with Crippen LogP contribution in [0.25, 0.3) is 0 Å². The molecule has 1 atom stereocenters. The number of rotatable bonds is 5. The highest BCUT2D eigenvalue weighted by molar-refractivity contribution is 5.41. The number of aliphatic hydroxyl groups is 1. The highest BCUT2D eigenvalue weighted by Gasteiger charge is 2.17. The normalized spacial score (nSPS) is 11.9. The van der Waals surface area contributed by atoms with Gasteiger partial charge >= 0.3 is 0 Å². The number of hydrogen-bond acceptors (Lipinski definition) is 4. The summed E-state index contributed by atoms with van der Waals surface area (Å²) < 4.78 is 5.10. The van der Waals surface area contributed by atoms with Crippen molar-refractivity contribution in [3.05, 3.63) is 69.8 Å². The number of nitro benzene ring substituents is 1. The zero-order chi connectivity index (χ0) is 14.5. The van der Waals surface area contributed by atoms with Crippen molar-refractivity contribution in [3.8, 4) is 5.75 Å². The molecule has 2 aromatic carbocycles. The highest BCUT2D eigenvalue weighted by Crippen LogP contribution is 2.26. The summed E-state index contributed by atoms with van der Waals surface area (Å²) in [7, 11) is 1.55. The second kappa shape index (κ2) is 6.16. The molecule has 104 valence electrons. The number of hydrogen-bond donors (Lipinski definition) is 1. The largest absolute Gasteiger partial charge is 0.497 e. The SMILES string of the molecule is COc1cccc(C(O)Cc2ccccc2[N+](=O)[O-])c1. The summed E-state index contributed by atoms with van der Waals surface area (Å²) in [6, 6.07) is 13.5. The van der Waals surface area contributed by atoms with E-state index in [2.05, 4.69) is 0 Å². The Balaban J connectivity index is 2.23. The summed E-state index contributed by atoms with van der Waals surface area (Å²) in [5.41, 5.74) is 1.20. The van der Waals surface area contributed by atoms with Crippen molar-refractivity contribution in [2.24, 2.45) is 0 Å². The molecule has 0 saturated heterocycles. The molecular weight excluding hydrogens is 258 g/mol. The smallest absolute Gasteiger partial charge is 0.272 e. The summed E-state index contributed by atoms with van der Waals surface area (Å²) in [6.45, 7) is 0. The van der Waals surface area contributed by atoms with Gasteiger partial charge in [-0.2, -0.15) is 0 Å². The maximum atomic E-state index is 10.9. The zero-order valence-corrected chi connectivity index (χ0v) is 11.0. The molecule has 5 heteroatoms. The van der Waals surface area contributed by atoms with Crippen molar-refractivity contribution in [1.82, 2.24) is 0 Å². The molecule has 5 nitrogen and oxygen atoms in total. The van der Waals surface area contributed by atoms with E-state index in [1.54, 1.807) is 49.6 Å². The number of aliphatic hydroxyl groups excluding tert-OH is 1. The Bertz CT molecular complexity index is 612. The molecule has 0 fully saturated rings. The van der Waals surface area contributed by atoms with Crippen LogP contribution in [0, 0.1) is 10.1 Å². The van der Waals surface area contributed by atoms with Crippen LogP contribution in [0.3, 0.4) is 0 Å². The summed E-state index contributed by atoms with van der Waals surface area (Å²) in [5, 5.41) is 21.2. The maximum absolute atomic E-state index is 10.9. The molecule has 0 aromatic heterocycles. The van der Waals surface area contributed by atoms with Crippen LogP contribution in [0.15, 0.2) is 48.5 Å². The minimum atomic E-state index is -0.814. The summed E-state index contributed by atoms with van der Waals surface area (Å²) >= 11 is 0. The van der Waals surface area contributed by atoms with Gasteiger partial charge in [0.1, 0.15) is 5.75 Å². The standard InChI is InChI=1S/C15H15NO4/c1-20-13-7-4-6-12(9-13)15(17)10-11-5-2-3-8-14(11)16(18)19/h2-9,15,17H,10H2,1H3. The first kappa shape index (κ1) is 14.0. The number of para-hydroxylation sites is 1. The third kappa shape index (κ3) is 3.13. The van der Waals surface area contributed by atoms with Gasteiger partial charge in [0.25, 0.3) is 5.69 Å². The monoisotopic (exact) mass is 273 g/mol. The van der Waals surface area contributed by atoms with Crippen molar-refractivity contribution in [3.63, 3.8) is 0 Å². The average molecular weight is 273 g/mol. The molecule has 0 heterocycles. The van der Waals surface area contributed by atoms with Gasteiger partial charge in [-0.15, -0.1) is 0 Å². The third-order valence-electron chi connectivity index (χ3n) is 3.08. The number of nitrogens with zero attached hydrogens (tertiary/aromatic N) is 1. The topological polar surface area (TPSA) is 72.6 Å². The van der Waals surface area contributed by atoms with Gasteiger partial charge in [0.2, 0.25) is 0 Å². The molecule has 0 radical (unpaired) electrons. The van der Waals surface area contributed by atoms with Crippen molar-refractivity contribution in [2.75, 3.05) is 7.11 Å². The average Bonchev–Trinajstić information content (AvgIpc) is 2.47. The van der Waals surface area contributed by atoms with E-state index in [1.165, 1.54) is 6.07 Å². The molecule has 0 amide bonds. The molecule has 0 aliphatic rings. The predicted octanol–water partition coefficient (Wildman–Crippen LogP) is 2.88. The summed E-state index contributed by atoms with van der Waals surface area (Å²) in [6.07, 6.45) is -0.629. The lowest BCUT2D eigenvalue weighted by molar-refractivity contribution is -0.385. The number of nitro groups is 1. The van der Waals surface area contributed by atoms with Gasteiger partial charge in [0.05, 0.1) is 18.1 Å². The fourth-order valence-corrected chi connectivity index (χ4v) is 2.04. The molecule has 1 N–H and O–H groups in total. The first-order valence-electron chi connectivity index (χ1n) is 6.16. The highest BCUT2D eigenvalue weighted by atomic mass is 16.6. The van der Waals surface area contributed by atoms with E-state index in [9.17, 15) is 15.2 Å². The first-order valence-corrected chi connectivity index (χ1v) is 6.16. The van der Waals surface area contributed by atoms with Crippen LogP contribution in [0.2, 0.25) is 0 Å². The van der Waals surface area contributed by atoms with Crippen molar-refractivity contribution >= 4 is 5.69 Å². The molecule has 2 rings (SSSR count). The van der Waals surface area contributed by atoms with Gasteiger partial charge in [-0.3, -0.25) is 10.1 Å². The maximum Gasteiger partial charge on any atom is 0.272 e. The number of ether oxygens (including phenoxy) is 1. The van der Waals surface area contributed by atoms with E-state index in [4.69, 9.17) is 4.74 Å². The quantitative estimate of drug-likeness (QED) is 0.671. The van der Waals surface area contributed by atoms with Crippen LogP contribution < -0.4 is 4.74 Å². The van der Waals surface area contributed by atoms with E-state index in [1.807, 2.05) is 0 Å². The predicted molar refractivity (Wildman–Crippen MR) is 74.8 cm³/mol. The van der Waals surface area contributed by atoms with Gasteiger partial charge in [-0.05, 0) is 17.7 Å². The molecule has 0 spiro atoms. The number of methoxy groups -OCH3 is 1. The Labute approximate surface area is 116 Å². The van der Waals surface area contributed by atoms with E-state index < -0.39 is 11.0 Å². The van der Waals surface area contributed by atoms with E-state index in [0.717, 1.165) is 0 Å². The third-order valence-corrected chi connectivity index (χ3v) is 3.08. The van der Waals surface area contributed by atoms with Gasteiger partial charge in [0.15, 0.2) is 0 Å². The van der Waals surface area contributed by atoms with Crippen LogP contribution in [-0.4, -0.2) is 17.1 Å². The summed E-state index contributed by atoms with van der Waals surface area (Å²) in [5.74, 6) is 0.643. The van der Waals surface area contributed by atoms with Crippen LogP contribution in [0.5, 0.6) is 5.75 Å².